The Morgan fingerprint density at radius 3 is 2.23 bits per heavy atom. The molecule has 0 amide bonds. The predicted octanol–water partition coefficient (Wildman–Crippen LogP) is -0.306. The van der Waals surface area contributed by atoms with E-state index in [2.05, 4.69) is 9.97 Å². The Morgan fingerprint density at radius 1 is 1.15 bits per heavy atom. The first-order chi connectivity index (χ1) is 6.00. The summed E-state index contributed by atoms with van der Waals surface area (Å²) in [5, 5.41) is 10.3. The summed E-state index contributed by atoms with van der Waals surface area (Å²) in [6.45, 7) is 5.40. The summed E-state index contributed by atoms with van der Waals surface area (Å²) in [6.07, 6.45) is -0.167. The number of carbonyl (C=O) groups is 1. The second-order valence-electron chi connectivity index (χ2n) is 2.98. The highest BCUT2D eigenvalue weighted by Crippen LogP contribution is 2.06. The van der Waals surface area contributed by atoms with E-state index in [-0.39, 0.29) is 6.42 Å². The number of rotatable bonds is 2. The van der Waals surface area contributed by atoms with Crippen molar-refractivity contribution in [1.82, 2.24) is 9.97 Å². The molecule has 0 aromatic carbocycles. The van der Waals surface area contributed by atoms with E-state index in [0.29, 0.717) is 11.4 Å². The van der Waals surface area contributed by atoms with Crippen LogP contribution in [-0.4, -0.2) is 15.9 Å². The number of nitrogens with zero attached hydrogens (tertiary/aromatic N) is 2. The van der Waals surface area contributed by atoms with E-state index in [9.17, 15) is 9.90 Å². The van der Waals surface area contributed by atoms with Gasteiger partial charge in [0.1, 0.15) is 0 Å². The Kier molecular flexibility index (Phi) is 2.60. The number of carboxylic acids is 1. The monoisotopic (exact) mass is 179 g/mol. The summed E-state index contributed by atoms with van der Waals surface area (Å²) < 4.78 is 0. The third kappa shape index (κ3) is 2.24. The molecule has 1 aromatic rings. The van der Waals surface area contributed by atoms with Gasteiger partial charge in [-0.2, -0.15) is 0 Å². The van der Waals surface area contributed by atoms with Crippen molar-refractivity contribution >= 4 is 5.97 Å². The largest absolute Gasteiger partial charge is 0.550 e. The third-order valence-electron chi connectivity index (χ3n) is 1.89. The third-order valence-corrected chi connectivity index (χ3v) is 1.89. The van der Waals surface area contributed by atoms with Gasteiger partial charge in [0.2, 0.25) is 0 Å². The summed E-state index contributed by atoms with van der Waals surface area (Å²) in [4.78, 5) is 18.6. The molecule has 4 heteroatoms. The molecule has 1 heterocycles. The van der Waals surface area contributed by atoms with Gasteiger partial charge in [-0.1, -0.05) is 0 Å². The van der Waals surface area contributed by atoms with Crippen LogP contribution < -0.4 is 5.11 Å². The van der Waals surface area contributed by atoms with Gasteiger partial charge >= 0.3 is 0 Å². The van der Waals surface area contributed by atoms with Crippen LogP contribution in [0, 0.1) is 20.8 Å². The Balaban J connectivity index is 3.08. The normalized spacial score (nSPS) is 10.1. The predicted molar refractivity (Wildman–Crippen MR) is 45.0 cm³/mol. The fraction of sp³-hybridized carbons (Fsp3) is 0.444. The van der Waals surface area contributed by atoms with Gasteiger partial charge in [0.15, 0.2) is 0 Å². The van der Waals surface area contributed by atoms with Gasteiger partial charge in [-0.05, 0) is 20.8 Å². The maximum absolute atomic E-state index is 10.3. The van der Waals surface area contributed by atoms with E-state index in [1.54, 1.807) is 13.8 Å². The first-order valence-corrected chi connectivity index (χ1v) is 4.01. The van der Waals surface area contributed by atoms with Crippen molar-refractivity contribution in [3.8, 4) is 0 Å². The second-order valence-corrected chi connectivity index (χ2v) is 2.98. The fourth-order valence-corrected chi connectivity index (χ4v) is 1.07. The van der Waals surface area contributed by atoms with Crippen molar-refractivity contribution in [3.05, 3.63) is 22.8 Å². The van der Waals surface area contributed by atoms with Gasteiger partial charge in [-0.25, -0.2) is 0 Å². The fourth-order valence-electron chi connectivity index (χ4n) is 1.07. The van der Waals surface area contributed by atoms with Crippen LogP contribution in [0.2, 0.25) is 0 Å². The number of aryl methyl sites for hydroxylation is 3. The van der Waals surface area contributed by atoms with Gasteiger partial charge in [-0.15, -0.1) is 0 Å². The molecule has 0 atom stereocenters. The molecule has 70 valence electrons. The molecule has 0 unspecified atom stereocenters. The van der Waals surface area contributed by atoms with Crippen LogP contribution in [-0.2, 0) is 11.2 Å². The minimum Gasteiger partial charge on any atom is -0.550 e. The molecule has 0 bridgehead atoms. The average molecular weight is 179 g/mol. The van der Waals surface area contributed by atoms with Crippen LogP contribution in [0.5, 0.6) is 0 Å². The van der Waals surface area contributed by atoms with Crippen LogP contribution in [0.25, 0.3) is 0 Å². The van der Waals surface area contributed by atoms with Crippen molar-refractivity contribution in [1.29, 1.82) is 0 Å². The Bertz CT molecular complexity index is 348. The molecule has 1 rings (SSSR count). The molecule has 0 radical (unpaired) electrons. The number of hydrogen-bond acceptors (Lipinski definition) is 4. The molecule has 0 fully saturated rings. The number of aliphatic carboxylic acids is 1. The lowest BCUT2D eigenvalue weighted by Crippen LogP contribution is -2.25. The van der Waals surface area contributed by atoms with E-state index >= 15 is 0 Å². The second kappa shape index (κ2) is 3.51. The van der Waals surface area contributed by atoms with E-state index in [1.807, 2.05) is 6.92 Å². The first kappa shape index (κ1) is 9.64. The van der Waals surface area contributed by atoms with Crippen molar-refractivity contribution in [2.45, 2.75) is 27.2 Å². The molecule has 1 aromatic heterocycles. The number of carboxylic acid groups (broad SMARTS) is 1. The quantitative estimate of drug-likeness (QED) is 0.624. The van der Waals surface area contributed by atoms with Crippen LogP contribution >= 0.6 is 0 Å². The Labute approximate surface area is 76.7 Å². The number of hydrogen-bond donors (Lipinski definition) is 0. The van der Waals surface area contributed by atoms with Crippen molar-refractivity contribution < 1.29 is 9.90 Å². The lowest BCUT2D eigenvalue weighted by Gasteiger charge is -2.07. The highest BCUT2D eigenvalue weighted by Gasteiger charge is 2.04. The summed E-state index contributed by atoms with van der Waals surface area (Å²) in [5.74, 6) is -1.12. The van der Waals surface area contributed by atoms with Crippen molar-refractivity contribution in [2.75, 3.05) is 0 Å². The standard InChI is InChI=1S/C9H12N2O2/c1-5-6(2)11-8(4-9(12)13)7(3)10-5/h4H2,1-3H3,(H,12,13)/p-1. The number of aromatic nitrogens is 2. The summed E-state index contributed by atoms with van der Waals surface area (Å²) in [6, 6.07) is 0. The SMILES string of the molecule is Cc1nc(C)c(CC(=O)[O-])nc1C. The van der Waals surface area contributed by atoms with Crippen LogP contribution in [0.15, 0.2) is 0 Å². The molecular formula is C9H11N2O2-. The summed E-state index contributed by atoms with van der Waals surface area (Å²) in [5.41, 5.74) is 2.75. The van der Waals surface area contributed by atoms with Gasteiger partial charge < -0.3 is 9.90 Å². The Morgan fingerprint density at radius 2 is 1.69 bits per heavy atom. The lowest BCUT2D eigenvalue weighted by atomic mass is 10.2. The lowest BCUT2D eigenvalue weighted by molar-refractivity contribution is -0.304. The van der Waals surface area contributed by atoms with E-state index in [1.165, 1.54) is 0 Å². The van der Waals surface area contributed by atoms with Crippen molar-refractivity contribution in [2.24, 2.45) is 0 Å². The van der Waals surface area contributed by atoms with Crippen LogP contribution in [0.3, 0.4) is 0 Å². The minimum atomic E-state index is -1.12. The van der Waals surface area contributed by atoms with Gasteiger partial charge in [-0.3, -0.25) is 9.97 Å². The minimum absolute atomic E-state index is 0.167. The molecule has 13 heavy (non-hydrogen) atoms. The molecule has 0 aliphatic rings. The van der Waals surface area contributed by atoms with E-state index < -0.39 is 5.97 Å². The Hall–Kier alpha value is -1.45. The molecular weight excluding hydrogens is 168 g/mol. The van der Waals surface area contributed by atoms with Crippen molar-refractivity contribution in [3.63, 3.8) is 0 Å². The van der Waals surface area contributed by atoms with E-state index in [0.717, 1.165) is 11.4 Å². The highest BCUT2D eigenvalue weighted by atomic mass is 16.4. The molecule has 0 spiro atoms. The van der Waals surface area contributed by atoms with Crippen LogP contribution in [0.4, 0.5) is 0 Å². The zero-order chi connectivity index (χ0) is 10.0. The smallest absolute Gasteiger partial charge is 0.0675 e. The number of carbonyl (C=O) groups excluding carboxylic acids is 1. The van der Waals surface area contributed by atoms with Gasteiger partial charge in [0, 0.05) is 12.4 Å². The molecule has 4 nitrogen and oxygen atoms in total. The topological polar surface area (TPSA) is 65.9 Å². The zero-order valence-electron chi connectivity index (χ0n) is 7.92. The summed E-state index contributed by atoms with van der Waals surface area (Å²) in [7, 11) is 0. The average Bonchev–Trinajstić information content (AvgIpc) is 1.99. The van der Waals surface area contributed by atoms with Gasteiger partial charge in [0.25, 0.3) is 0 Å². The molecule has 0 aliphatic carbocycles. The molecule has 0 saturated heterocycles. The first-order valence-electron chi connectivity index (χ1n) is 4.01. The maximum atomic E-state index is 10.3. The summed E-state index contributed by atoms with van der Waals surface area (Å²) >= 11 is 0. The van der Waals surface area contributed by atoms with Crippen LogP contribution in [0.1, 0.15) is 22.8 Å². The molecule has 0 aliphatic heterocycles. The highest BCUT2D eigenvalue weighted by molar-refractivity contribution is 5.67. The molecule has 0 saturated carbocycles. The zero-order valence-corrected chi connectivity index (χ0v) is 7.92. The maximum Gasteiger partial charge on any atom is 0.0675 e. The van der Waals surface area contributed by atoms with E-state index in [4.69, 9.17) is 0 Å². The van der Waals surface area contributed by atoms with Gasteiger partial charge in [0.05, 0.1) is 22.8 Å². The molecule has 0 N–H and O–H groups in total.